The lowest BCUT2D eigenvalue weighted by Crippen LogP contribution is -2.46. The van der Waals surface area contributed by atoms with Gasteiger partial charge in [-0.3, -0.25) is 19.7 Å². The average Bonchev–Trinajstić information content (AvgIpc) is 2.87. The van der Waals surface area contributed by atoms with Gasteiger partial charge in [-0.25, -0.2) is 8.78 Å². The molecule has 0 aromatic heterocycles. The molecule has 192 valence electrons. The summed E-state index contributed by atoms with van der Waals surface area (Å²) in [7, 11) is 0. The Morgan fingerprint density at radius 3 is 2.51 bits per heavy atom. The van der Waals surface area contributed by atoms with Gasteiger partial charge >= 0.3 is 0 Å². The van der Waals surface area contributed by atoms with E-state index in [9.17, 15) is 28.5 Å². The number of fused-ring (bicyclic) bond motifs is 1. The number of carbonyl (C=O) groups excluding carboxylic acids is 2. The van der Waals surface area contributed by atoms with Gasteiger partial charge < -0.3 is 10.2 Å². The van der Waals surface area contributed by atoms with Gasteiger partial charge in [0.15, 0.2) is 0 Å². The van der Waals surface area contributed by atoms with E-state index in [1.54, 1.807) is 6.07 Å². The Bertz CT molecular complexity index is 1370. The zero-order valence-electron chi connectivity index (χ0n) is 19.9. The fraction of sp³-hybridized carbons (Fsp3) is 0.259. The van der Waals surface area contributed by atoms with E-state index in [1.165, 1.54) is 42.2 Å². The lowest BCUT2D eigenvalue weighted by molar-refractivity contribution is -0.385. The third-order valence-electron chi connectivity index (χ3n) is 6.58. The van der Waals surface area contributed by atoms with Crippen LogP contribution >= 0.6 is 11.6 Å². The molecule has 2 amide bonds. The number of nitro groups is 1. The van der Waals surface area contributed by atoms with Crippen molar-refractivity contribution in [3.63, 3.8) is 0 Å². The van der Waals surface area contributed by atoms with Gasteiger partial charge in [0, 0.05) is 47.8 Å². The predicted octanol–water partition coefficient (Wildman–Crippen LogP) is 5.77. The summed E-state index contributed by atoms with van der Waals surface area (Å²) < 4.78 is 26.6. The lowest BCUT2D eigenvalue weighted by Gasteiger charge is -2.37. The molecule has 0 bridgehead atoms. The third-order valence-corrected chi connectivity index (χ3v) is 6.79. The third kappa shape index (κ3) is 5.77. The number of carbonyl (C=O) groups is 2. The highest BCUT2D eigenvalue weighted by molar-refractivity contribution is 6.31. The molecule has 0 aliphatic carbocycles. The SMILES string of the molecule is Cc1c(C(=O)N2Cc3ccccc3C[C@@H]2CC(=O)NCc2ccccc2C(F)F)cc(Cl)cc1[N+](=O)[O-]. The normalized spacial score (nSPS) is 14.8. The number of nitrogens with one attached hydrogen (secondary N) is 1. The van der Waals surface area contributed by atoms with E-state index in [-0.39, 0.29) is 46.9 Å². The second-order valence-electron chi connectivity index (χ2n) is 8.89. The van der Waals surface area contributed by atoms with Crippen LogP contribution in [0.1, 0.15) is 51.0 Å². The summed E-state index contributed by atoms with van der Waals surface area (Å²) in [4.78, 5) is 39.0. The van der Waals surface area contributed by atoms with Crippen LogP contribution < -0.4 is 5.32 Å². The average molecular weight is 528 g/mol. The number of hydrogen-bond donors (Lipinski definition) is 1. The van der Waals surface area contributed by atoms with Gasteiger partial charge in [-0.2, -0.15) is 0 Å². The molecular formula is C27H24ClF2N3O4. The molecule has 1 aliphatic heterocycles. The summed E-state index contributed by atoms with van der Waals surface area (Å²) in [6.45, 7) is 1.62. The number of rotatable bonds is 7. The molecule has 0 spiro atoms. The van der Waals surface area contributed by atoms with Crippen LogP contribution in [0, 0.1) is 17.0 Å². The Labute approximate surface area is 217 Å². The molecule has 1 N–H and O–H groups in total. The Balaban J connectivity index is 1.59. The first-order chi connectivity index (χ1) is 17.7. The van der Waals surface area contributed by atoms with Gasteiger partial charge in [0.1, 0.15) is 0 Å². The van der Waals surface area contributed by atoms with E-state index >= 15 is 0 Å². The Morgan fingerprint density at radius 1 is 1.14 bits per heavy atom. The monoisotopic (exact) mass is 527 g/mol. The number of hydrogen-bond acceptors (Lipinski definition) is 4. The fourth-order valence-electron chi connectivity index (χ4n) is 4.63. The highest BCUT2D eigenvalue weighted by Crippen LogP contribution is 2.31. The molecule has 4 rings (SSSR count). The highest BCUT2D eigenvalue weighted by Gasteiger charge is 2.33. The van der Waals surface area contributed by atoms with Crippen molar-refractivity contribution in [1.29, 1.82) is 0 Å². The van der Waals surface area contributed by atoms with E-state index in [1.807, 2.05) is 24.3 Å². The van der Waals surface area contributed by atoms with Crippen molar-refractivity contribution in [2.45, 2.75) is 45.3 Å². The molecular weight excluding hydrogens is 504 g/mol. The van der Waals surface area contributed by atoms with Crippen molar-refractivity contribution in [2.75, 3.05) is 0 Å². The highest BCUT2D eigenvalue weighted by atomic mass is 35.5. The number of halogens is 3. The minimum Gasteiger partial charge on any atom is -0.352 e. The van der Waals surface area contributed by atoms with Gasteiger partial charge in [0.25, 0.3) is 18.0 Å². The molecule has 37 heavy (non-hydrogen) atoms. The smallest absolute Gasteiger partial charge is 0.274 e. The van der Waals surface area contributed by atoms with Crippen molar-refractivity contribution >= 4 is 29.1 Å². The maximum Gasteiger partial charge on any atom is 0.274 e. The fourth-order valence-corrected chi connectivity index (χ4v) is 4.84. The van der Waals surface area contributed by atoms with E-state index in [2.05, 4.69) is 5.32 Å². The Kier molecular flexibility index (Phi) is 7.83. The van der Waals surface area contributed by atoms with Crippen LogP contribution in [0.2, 0.25) is 5.02 Å². The molecule has 0 fully saturated rings. The second kappa shape index (κ2) is 11.0. The van der Waals surface area contributed by atoms with Crippen LogP contribution in [0.3, 0.4) is 0 Å². The van der Waals surface area contributed by atoms with E-state index < -0.39 is 29.2 Å². The summed E-state index contributed by atoms with van der Waals surface area (Å²) in [5, 5.41) is 14.2. The Morgan fingerprint density at radius 2 is 1.81 bits per heavy atom. The molecule has 3 aromatic rings. The van der Waals surface area contributed by atoms with Gasteiger partial charge in [0.05, 0.1) is 10.5 Å². The molecule has 0 saturated heterocycles. The number of nitro benzene ring substituents is 1. The molecule has 3 aromatic carbocycles. The molecule has 0 unspecified atom stereocenters. The zero-order chi connectivity index (χ0) is 26.7. The van der Waals surface area contributed by atoms with Crippen molar-refractivity contribution in [3.8, 4) is 0 Å². The number of nitrogens with zero attached hydrogens (tertiary/aromatic N) is 2. The molecule has 1 atom stereocenters. The van der Waals surface area contributed by atoms with Crippen LogP contribution in [-0.2, 0) is 24.3 Å². The second-order valence-corrected chi connectivity index (χ2v) is 9.33. The molecule has 0 radical (unpaired) electrons. The predicted molar refractivity (Wildman–Crippen MR) is 135 cm³/mol. The van der Waals surface area contributed by atoms with Crippen LogP contribution in [0.4, 0.5) is 14.5 Å². The van der Waals surface area contributed by atoms with Gasteiger partial charge in [-0.1, -0.05) is 60.1 Å². The minimum absolute atomic E-state index is 0.0602. The van der Waals surface area contributed by atoms with E-state index in [4.69, 9.17) is 11.6 Å². The first kappa shape index (κ1) is 26.2. The van der Waals surface area contributed by atoms with E-state index in [0.717, 1.165) is 11.1 Å². The van der Waals surface area contributed by atoms with Gasteiger partial charge in [-0.05, 0) is 36.1 Å². The lowest BCUT2D eigenvalue weighted by atomic mass is 9.91. The maximum absolute atomic E-state index is 13.7. The summed E-state index contributed by atoms with van der Waals surface area (Å²) in [5.74, 6) is -0.876. The topological polar surface area (TPSA) is 92.6 Å². The Hall–Kier alpha value is -3.85. The number of amides is 2. The molecule has 10 heteroatoms. The molecule has 7 nitrogen and oxygen atoms in total. The van der Waals surface area contributed by atoms with Gasteiger partial charge in [-0.15, -0.1) is 0 Å². The van der Waals surface area contributed by atoms with Crippen LogP contribution in [0.25, 0.3) is 0 Å². The van der Waals surface area contributed by atoms with Crippen LogP contribution in [0.15, 0.2) is 60.7 Å². The summed E-state index contributed by atoms with van der Waals surface area (Å²) in [6, 6.07) is 15.6. The van der Waals surface area contributed by atoms with E-state index in [0.29, 0.717) is 12.0 Å². The van der Waals surface area contributed by atoms with Crippen LogP contribution in [-0.4, -0.2) is 27.7 Å². The summed E-state index contributed by atoms with van der Waals surface area (Å²) >= 11 is 6.09. The minimum atomic E-state index is -2.67. The van der Waals surface area contributed by atoms with Crippen molar-refractivity contribution < 1.29 is 23.3 Å². The maximum atomic E-state index is 13.7. The van der Waals surface area contributed by atoms with Crippen molar-refractivity contribution in [2.24, 2.45) is 0 Å². The first-order valence-corrected chi connectivity index (χ1v) is 12.0. The molecule has 1 aliphatic rings. The molecule has 1 heterocycles. The molecule has 0 saturated carbocycles. The van der Waals surface area contributed by atoms with Crippen LogP contribution in [0.5, 0.6) is 0 Å². The zero-order valence-corrected chi connectivity index (χ0v) is 20.7. The van der Waals surface area contributed by atoms with Crippen molar-refractivity contribution in [3.05, 3.63) is 109 Å². The largest absolute Gasteiger partial charge is 0.352 e. The van der Waals surface area contributed by atoms with Gasteiger partial charge in [0.2, 0.25) is 5.91 Å². The van der Waals surface area contributed by atoms with Crippen molar-refractivity contribution in [1.82, 2.24) is 10.2 Å². The summed E-state index contributed by atoms with van der Waals surface area (Å²) in [5.41, 5.74) is 2.08. The summed E-state index contributed by atoms with van der Waals surface area (Å²) in [6.07, 6.45) is -2.34. The number of benzene rings is 3. The first-order valence-electron chi connectivity index (χ1n) is 11.6. The standard InChI is InChI=1S/C27H24ClF2N3O4/c1-16-23(11-20(28)12-24(16)33(36)37)27(35)32-15-19-8-3-2-6-17(19)10-21(32)13-25(34)31-14-18-7-4-5-9-22(18)26(29)30/h2-9,11-12,21,26H,10,13-15H2,1H3,(H,31,34)/t21-/m1/s1. The quantitative estimate of drug-likeness (QED) is 0.312. The number of alkyl halides is 2.